The molecule has 0 saturated heterocycles. The number of anilines is 1. The third-order valence-electron chi connectivity index (χ3n) is 3.23. The first-order chi connectivity index (χ1) is 12.2. The van der Waals surface area contributed by atoms with Crippen LogP contribution in [0, 0.1) is 0 Å². The van der Waals surface area contributed by atoms with Crippen LogP contribution in [0.25, 0.3) is 10.2 Å². The summed E-state index contributed by atoms with van der Waals surface area (Å²) in [4.78, 5) is 27.9. The summed E-state index contributed by atoms with van der Waals surface area (Å²) in [6.07, 6.45) is 0.235. The molecule has 0 radical (unpaired) electrons. The zero-order valence-electron chi connectivity index (χ0n) is 13.3. The van der Waals surface area contributed by atoms with E-state index in [4.69, 9.17) is 4.74 Å². The molecule has 1 N–H and O–H groups in total. The fraction of sp³-hybridized carbons (Fsp3) is 0.167. The summed E-state index contributed by atoms with van der Waals surface area (Å²) in [6.45, 7) is -0.278. The summed E-state index contributed by atoms with van der Waals surface area (Å²) in [5, 5.41) is 2.66. The predicted molar refractivity (Wildman–Crippen MR) is 101 cm³/mol. The second-order valence-corrected chi connectivity index (χ2v) is 7.49. The Balaban J connectivity index is 1.37. The van der Waals surface area contributed by atoms with Gasteiger partial charge < -0.3 is 10.1 Å². The zero-order chi connectivity index (χ0) is 17.5. The molecule has 0 saturated carbocycles. The zero-order valence-corrected chi connectivity index (χ0v) is 14.9. The van der Waals surface area contributed by atoms with Gasteiger partial charge in [-0.3, -0.25) is 9.59 Å². The van der Waals surface area contributed by atoms with Crippen molar-refractivity contribution in [3.63, 3.8) is 0 Å². The van der Waals surface area contributed by atoms with Crippen molar-refractivity contribution in [2.45, 2.75) is 10.8 Å². The molecule has 0 aliphatic rings. The molecule has 7 heteroatoms. The number of carbonyl (C=O) groups excluding carboxylic acids is 2. The van der Waals surface area contributed by atoms with Gasteiger partial charge in [0.2, 0.25) is 0 Å². The smallest absolute Gasteiger partial charge is 0.307 e. The molecule has 0 bridgehead atoms. The number of thiazole rings is 1. The van der Waals surface area contributed by atoms with Crippen molar-refractivity contribution in [2.24, 2.45) is 0 Å². The molecule has 0 atom stereocenters. The first kappa shape index (κ1) is 17.4. The number of nitrogens with zero attached hydrogens (tertiary/aromatic N) is 1. The number of ether oxygens (including phenoxy) is 1. The lowest BCUT2D eigenvalue weighted by Crippen LogP contribution is -2.20. The molecule has 3 aromatic rings. The number of carbonyl (C=O) groups is 2. The van der Waals surface area contributed by atoms with Crippen LogP contribution in [0.1, 0.15) is 6.42 Å². The van der Waals surface area contributed by atoms with Crippen LogP contribution >= 0.6 is 23.1 Å². The highest BCUT2D eigenvalue weighted by atomic mass is 32.2. The molecule has 0 fully saturated rings. The summed E-state index contributed by atoms with van der Waals surface area (Å²) < 4.78 is 7.05. The average Bonchev–Trinajstić information content (AvgIpc) is 3.03. The van der Waals surface area contributed by atoms with Gasteiger partial charge in [0.05, 0.1) is 16.6 Å². The third-order valence-corrected chi connectivity index (χ3v) is 5.41. The second kappa shape index (κ2) is 8.64. The Labute approximate surface area is 153 Å². The first-order valence-corrected chi connectivity index (χ1v) is 9.50. The summed E-state index contributed by atoms with van der Waals surface area (Å²) in [5.41, 5.74) is 1.64. The molecule has 25 heavy (non-hydrogen) atoms. The Hall–Kier alpha value is -2.38. The predicted octanol–water partition coefficient (Wildman–Crippen LogP) is 3.96. The molecule has 0 unspecified atom stereocenters. The van der Waals surface area contributed by atoms with Crippen molar-refractivity contribution >= 4 is 50.9 Å². The molecule has 1 amide bonds. The monoisotopic (exact) mass is 372 g/mol. The Morgan fingerprint density at radius 2 is 1.84 bits per heavy atom. The van der Waals surface area contributed by atoms with Crippen LogP contribution in [0.5, 0.6) is 0 Å². The number of hydrogen-bond donors (Lipinski definition) is 1. The number of rotatable bonds is 7. The van der Waals surface area contributed by atoms with Gasteiger partial charge in [-0.05, 0) is 24.3 Å². The number of nitrogens with one attached hydrogen (secondary N) is 1. The average molecular weight is 372 g/mol. The van der Waals surface area contributed by atoms with Gasteiger partial charge in [0.15, 0.2) is 10.9 Å². The van der Waals surface area contributed by atoms with Gasteiger partial charge in [0, 0.05) is 11.4 Å². The molecule has 0 aliphatic heterocycles. The minimum atomic E-state index is -0.392. The van der Waals surface area contributed by atoms with Crippen LogP contribution in [0.15, 0.2) is 58.9 Å². The van der Waals surface area contributed by atoms with E-state index in [0.29, 0.717) is 11.4 Å². The van der Waals surface area contributed by atoms with Crippen molar-refractivity contribution in [3.8, 4) is 0 Å². The lowest BCUT2D eigenvalue weighted by Gasteiger charge is -2.06. The molecule has 2 aromatic carbocycles. The summed E-state index contributed by atoms with van der Waals surface area (Å²) in [6, 6.07) is 17.0. The molecule has 0 aliphatic carbocycles. The largest absolute Gasteiger partial charge is 0.456 e. The van der Waals surface area contributed by atoms with Crippen molar-refractivity contribution in [1.29, 1.82) is 0 Å². The van der Waals surface area contributed by atoms with E-state index in [1.807, 2.05) is 42.5 Å². The van der Waals surface area contributed by atoms with E-state index in [1.165, 1.54) is 11.8 Å². The quantitative estimate of drug-likeness (QED) is 0.502. The van der Waals surface area contributed by atoms with Crippen LogP contribution in [0.4, 0.5) is 5.69 Å². The number of aromatic nitrogens is 1. The Morgan fingerprint density at radius 3 is 2.64 bits per heavy atom. The van der Waals surface area contributed by atoms with E-state index in [0.717, 1.165) is 14.6 Å². The van der Waals surface area contributed by atoms with Crippen molar-refractivity contribution in [3.05, 3.63) is 54.6 Å². The summed E-state index contributed by atoms with van der Waals surface area (Å²) in [5.74, 6) is -0.172. The number of para-hydroxylation sites is 2. The molecule has 0 spiro atoms. The topological polar surface area (TPSA) is 68.3 Å². The van der Waals surface area contributed by atoms with Gasteiger partial charge in [-0.1, -0.05) is 42.1 Å². The number of benzene rings is 2. The number of fused-ring (bicyclic) bond motifs is 1. The highest BCUT2D eigenvalue weighted by Crippen LogP contribution is 2.29. The third kappa shape index (κ3) is 5.30. The fourth-order valence-electron chi connectivity index (χ4n) is 2.07. The lowest BCUT2D eigenvalue weighted by atomic mass is 10.3. The molecule has 128 valence electrons. The molecule has 1 aromatic heterocycles. The van der Waals surface area contributed by atoms with E-state index in [1.54, 1.807) is 23.5 Å². The van der Waals surface area contributed by atoms with Crippen LogP contribution in [-0.2, 0) is 14.3 Å². The minimum absolute atomic E-state index is 0.235. The van der Waals surface area contributed by atoms with E-state index in [2.05, 4.69) is 10.3 Å². The first-order valence-electron chi connectivity index (χ1n) is 7.69. The van der Waals surface area contributed by atoms with Gasteiger partial charge in [-0.2, -0.15) is 0 Å². The lowest BCUT2D eigenvalue weighted by molar-refractivity contribution is -0.146. The minimum Gasteiger partial charge on any atom is -0.456 e. The Bertz CT molecular complexity index is 832. The molecule has 5 nitrogen and oxygen atoms in total. The van der Waals surface area contributed by atoms with E-state index in [-0.39, 0.29) is 18.9 Å². The van der Waals surface area contributed by atoms with Crippen molar-refractivity contribution in [1.82, 2.24) is 4.98 Å². The standard InChI is InChI=1S/C18H16N2O3S2/c21-16(19-13-6-2-1-3-7-13)12-23-17(22)10-11-24-18-20-14-8-4-5-9-15(14)25-18/h1-9H,10-12H2,(H,19,21). The SMILES string of the molecule is O=C(COC(=O)CCSc1nc2ccccc2s1)Nc1ccccc1. The van der Waals surface area contributed by atoms with Gasteiger partial charge in [-0.25, -0.2) is 4.98 Å². The van der Waals surface area contributed by atoms with Gasteiger partial charge in [-0.15, -0.1) is 11.3 Å². The maximum atomic E-state index is 11.7. The number of hydrogen-bond acceptors (Lipinski definition) is 6. The van der Waals surface area contributed by atoms with E-state index < -0.39 is 5.97 Å². The fourth-order valence-corrected chi connectivity index (χ4v) is 4.13. The van der Waals surface area contributed by atoms with Crippen LogP contribution in [0.2, 0.25) is 0 Å². The van der Waals surface area contributed by atoms with Crippen LogP contribution in [-0.4, -0.2) is 29.2 Å². The van der Waals surface area contributed by atoms with Crippen LogP contribution in [0.3, 0.4) is 0 Å². The van der Waals surface area contributed by atoms with Gasteiger partial charge >= 0.3 is 5.97 Å². The van der Waals surface area contributed by atoms with Crippen molar-refractivity contribution in [2.75, 3.05) is 17.7 Å². The Kier molecular flexibility index (Phi) is 6.03. The highest BCUT2D eigenvalue weighted by molar-refractivity contribution is 8.01. The maximum absolute atomic E-state index is 11.7. The number of esters is 1. The molecular weight excluding hydrogens is 356 g/mol. The molecule has 1 heterocycles. The van der Waals surface area contributed by atoms with Crippen molar-refractivity contribution < 1.29 is 14.3 Å². The van der Waals surface area contributed by atoms with E-state index in [9.17, 15) is 9.59 Å². The number of thioether (sulfide) groups is 1. The van der Waals surface area contributed by atoms with Gasteiger partial charge in [0.25, 0.3) is 5.91 Å². The molecular formula is C18H16N2O3S2. The molecule has 3 rings (SSSR count). The van der Waals surface area contributed by atoms with Crippen LogP contribution < -0.4 is 5.32 Å². The normalized spacial score (nSPS) is 10.6. The van der Waals surface area contributed by atoms with E-state index >= 15 is 0 Å². The summed E-state index contributed by atoms with van der Waals surface area (Å²) in [7, 11) is 0. The summed E-state index contributed by atoms with van der Waals surface area (Å²) >= 11 is 3.12. The Morgan fingerprint density at radius 1 is 1.08 bits per heavy atom. The van der Waals surface area contributed by atoms with Gasteiger partial charge in [0.1, 0.15) is 0 Å². The maximum Gasteiger partial charge on any atom is 0.307 e. The highest BCUT2D eigenvalue weighted by Gasteiger charge is 2.09. The second-order valence-electron chi connectivity index (χ2n) is 5.12. The number of amides is 1.